The van der Waals surface area contributed by atoms with E-state index < -0.39 is 0 Å². The summed E-state index contributed by atoms with van der Waals surface area (Å²) in [6.07, 6.45) is 10.4. The summed E-state index contributed by atoms with van der Waals surface area (Å²) in [6.45, 7) is 3.38. The van der Waals surface area contributed by atoms with Crippen LogP contribution >= 0.6 is 0 Å². The molecule has 2 aromatic rings. The first kappa shape index (κ1) is 16.0. The van der Waals surface area contributed by atoms with E-state index in [1.165, 1.54) is 37.1 Å². The first-order chi connectivity index (χ1) is 8.90. The second-order valence-corrected chi connectivity index (χ2v) is 4.82. The second kappa shape index (κ2) is 8.92. The molecule has 0 atom stereocenters. The Hall–Kier alpha value is -1.09. The van der Waals surface area contributed by atoms with E-state index >= 15 is 0 Å². The summed E-state index contributed by atoms with van der Waals surface area (Å²) in [4.78, 5) is 3.36. The van der Waals surface area contributed by atoms with E-state index in [0.717, 1.165) is 13.0 Å². The fourth-order valence-corrected chi connectivity index (χ4v) is 2.26. The molecule has 2 nitrogen and oxygen atoms in total. The van der Waals surface area contributed by atoms with Gasteiger partial charge >= 0.3 is 0 Å². The minimum absolute atomic E-state index is 0. The van der Waals surface area contributed by atoms with Crippen LogP contribution in [0.4, 0.5) is 0 Å². The first-order valence-corrected chi connectivity index (χ1v) is 6.99. The second-order valence-electron chi connectivity index (χ2n) is 4.82. The molecule has 0 amide bonds. The third kappa shape index (κ3) is 5.19. The molecule has 0 saturated heterocycles. The molecule has 0 spiro atoms. The zero-order valence-corrected chi connectivity index (χ0v) is 13.2. The molecule has 0 aliphatic heterocycles. The number of unbranched alkanes of at least 4 members (excludes halogenated alkanes) is 3. The molecule has 0 saturated carbocycles. The Morgan fingerprint density at radius 3 is 2.58 bits per heavy atom. The van der Waals surface area contributed by atoms with Gasteiger partial charge in [0.1, 0.15) is 12.4 Å². The number of hydrogen-bond acceptors (Lipinski definition) is 0. The number of halogens is 1. The lowest BCUT2D eigenvalue weighted by Gasteiger charge is -2.01. The van der Waals surface area contributed by atoms with Crippen LogP contribution in [0.3, 0.4) is 0 Å². The van der Waals surface area contributed by atoms with Crippen LogP contribution in [0, 0.1) is 0 Å². The van der Waals surface area contributed by atoms with Crippen LogP contribution in [0.5, 0.6) is 0 Å². The number of imidazole rings is 1. The molecule has 0 radical (unpaired) electrons. The van der Waals surface area contributed by atoms with Crippen LogP contribution in [0.1, 0.15) is 44.0 Å². The third-order valence-electron chi connectivity index (χ3n) is 3.32. The summed E-state index contributed by atoms with van der Waals surface area (Å²) in [5.41, 5.74) is 1.36. The van der Waals surface area contributed by atoms with Gasteiger partial charge in [-0.1, -0.05) is 50.1 Å². The average Bonchev–Trinajstić information content (AvgIpc) is 2.83. The van der Waals surface area contributed by atoms with Crippen molar-refractivity contribution in [2.45, 2.75) is 45.6 Å². The van der Waals surface area contributed by atoms with Crippen LogP contribution in [-0.4, -0.2) is 4.98 Å². The highest BCUT2D eigenvalue weighted by molar-refractivity contribution is 5.17. The lowest BCUT2D eigenvalue weighted by molar-refractivity contribution is -0.702. The molecule has 0 aliphatic rings. The summed E-state index contributed by atoms with van der Waals surface area (Å²) < 4.78 is 2.35. The predicted molar refractivity (Wildman–Crippen MR) is 74.4 cm³/mol. The highest BCUT2D eigenvalue weighted by atomic mass is 79.9. The van der Waals surface area contributed by atoms with E-state index in [1.54, 1.807) is 0 Å². The fourth-order valence-electron chi connectivity index (χ4n) is 2.26. The van der Waals surface area contributed by atoms with Crippen LogP contribution in [0.25, 0.3) is 0 Å². The van der Waals surface area contributed by atoms with E-state index in [4.69, 9.17) is 0 Å². The van der Waals surface area contributed by atoms with Gasteiger partial charge < -0.3 is 17.0 Å². The molecule has 0 bridgehead atoms. The molecule has 1 aromatic carbocycles. The average molecular weight is 323 g/mol. The summed E-state index contributed by atoms with van der Waals surface area (Å²) in [5, 5.41) is 0. The Morgan fingerprint density at radius 1 is 1.05 bits per heavy atom. The Morgan fingerprint density at radius 2 is 1.84 bits per heavy atom. The summed E-state index contributed by atoms with van der Waals surface area (Å²) in [5.74, 6) is 1.30. The SMILES string of the molecule is CCCCCC[n+]1cc[nH]c1Cc1ccccc1.[Br-]. The lowest BCUT2D eigenvalue weighted by Crippen LogP contribution is -3.00. The van der Waals surface area contributed by atoms with E-state index in [1.807, 2.05) is 6.20 Å². The Balaban J connectivity index is 0.00000180. The normalized spacial score (nSPS) is 10.2. The summed E-state index contributed by atoms with van der Waals surface area (Å²) in [6, 6.07) is 10.6. The van der Waals surface area contributed by atoms with Crippen molar-refractivity contribution in [1.29, 1.82) is 0 Å². The van der Waals surface area contributed by atoms with Gasteiger partial charge in [-0.25, -0.2) is 9.55 Å². The molecule has 0 aliphatic carbocycles. The summed E-state index contributed by atoms with van der Waals surface area (Å²) in [7, 11) is 0. The lowest BCUT2D eigenvalue weighted by atomic mass is 10.1. The minimum Gasteiger partial charge on any atom is -1.00 e. The van der Waals surface area contributed by atoms with E-state index in [2.05, 4.69) is 53.0 Å². The molecule has 19 heavy (non-hydrogen) atoms. The van der Waals surface area contributed by atoms with Crippen molar-refractivity contribution in [1.82, 2.24) is 4.98 Å². The largest absolute Gasteiger partial charge is 1.00 e. The zero-order valence-electron chi connectivity index (χ0n) is 11.6. The number of nitrogens with one attached hydrogen (secondary N) is 1. The predicted octanol–water partition coefficient (Wildman–Crippen LogP) is 0.477. The van der Waals surface area contributed by atoms with Gasteiger partial charge in [0, 0.05) is 0 Å². The molecule has 0 fully saturated rings. The van der Waals surface area contributed by atoms with Gasteiger partial charge in [-0.15, -0.1) is 0 Å². The van der Waals surface area contributed by atoms with Crippen molar-refractivity contribution in [3.63, 3.8) is 0 Å². The van der Waals surface area contributed by atoms with E-state index in [-0.39, 0.29) is 17.0 Å². The molecular formula is C16H23BrN2. The van der Waals surface area contributed by atoms with Crippen LogP contribution in [-0.2, 0) is 13.0 Å². The maximum Gasteiger partial charge on any atom is 0.258 e. The number of nitrogens with zero attached hydrogens (tertiary/aromatic N) is 1. The molecule has 1 heterocycles. The molecular weight excluding hydrogens is 300 g/mol. The van der Waals surface area contributed by atoms with E-state index in [0.29, 0.717) is 0 Å². The van der Waals surface area contributed by atoms with Crippen molar-refractivity contribution in [3.05, 3.63) is 54.1 Å². The van der Waals surface area contributed by atoms with Crippen LogP contribution in [0.15, 0.2) is 42.7 Å². The van der Waals surface area contributed by atoms with Crippen LogP contribution in [0.2, 0.25) is 0 Å². The Kier molecular flexibility index (Phi) is 7.49. The number of H-pyrrole nitrogens is 1. The van der Waals surface area contributed by atoms with Crippen molar-refractivity contribution in [3.8, 4) is 0 Å². The smallest absolute Gasteiger partial charge is 0.258 e. The molecule has 1 N–H and O–H groups in total. The minimum atomic E-state index is 0. The number of rotatable bonds is 7. The van der Waals surface area contributed by atoms with Gasteiger partial charge in [-0.3, -0.25) is 0 Å². The maximum atomic E-state index is 3.36. The highest BCUT2D eigenvalue weighted by Gasteiger charge is 2.10. The fraction of sp³-hybridized carbons (Fsp3) is 0.438. The maximum absolute atomic E-state index is 3.36. The summed E-state index contributed by atoms with van der Waals surface area (Å²) >= 11 is 0. The monoisotopic (exact) mass is 322 g/mol. The number of aromatic nitrogens is 2. The van der Waals surface area contributed by atoms with Gasteiger partial charge in [0.25, 0.3) is 5.82 Å². The molecule has 1 aromatic heterocycles. The van der Waals surface area contributed by atoms with Crippen molar-refractivity contribution >= 4 is 0 Å². The molecule has 2 rings (SSSR count). The first-order valence-electron chi connectivity index (χ1n) is 6.99. The number of hydrogen-bond donors (Lipinski definition) is 1. The topological polar surface area (TPSA) is 19.7 Å². The Bertz CT molecular complexity index is 451. The van der Waals surface area contributed by atoms with Gasteiger partial charge in [-0.05, 0) is 18.4 Å². The van der Waals surface area contributed by atoms with Crippen molar-refractivity contribution in [2.24, 2.45) is 0 Å². The molecule has 104 valence electrons. The standard InChI is InChI=1S/C16H22N2.BrH/c1-2-3-4-8-12-18-13-11-17-16(18)14-15-9-6-5-7-10-15;/h5-7,9-11,13H,2-4,8,12,14H2,1H3;1H. The number of aromatic amines is 1. The van der Waals surface area contributed by atoms with Gasteiger partial charge in [0.2, 0.25) is 0 Å². The van der Waals surface area contributed by atoms with Gasteiger partial charge in [-0.2, -0.15) is 0 Å². The van der Waals surface area contributed by atoms with Gasteiger partial charge in [0.05, 0.1) is 13.0 Å². The van der Waals surface area contributed by atoms with Crippen LogP contribution < -0.4 is 21.5 Å². The zero-order chi connectivity index (χ0) is 12.6. The molecule has 0 unspecified atom stereocenters. The molecule has 3 heteroatoms. The Labute approximate surface area is 126 Å². The van der Waals surface area contributed by atoms with Crippen molar-refractivity contribution in [2.75, 3.05) is 0 Å². The van der Waals surface area contributed by atoms with Gasteiger partial charge in [0.15, 0.2) is 0 Å². The third-order valence-corrected chi connectivity index (χ3v) is 3.32. The quantitative estimate of drug-likeness (QED) is 0.565. The van der Waals surface area contributed by atoms with E-state index in [9.17, 15) is 0 Å². The number of aryl methyl sites for hydroxylation is 1. The van der Waals surface area contributed by atoms with Crippen molar-refractivity contribution < 1.29 is 21.5 Å². The number of benzene rings is 1. The highest BCUT2D eigenvalue weighted by Crippen LogP contribution is 2.04.